The molecule has 0 bridgehead atoms. The summed E-state index contributed by atoms with van der Waals surface area (Å²) in [6.45, 7) is 26.0. The summed E-state index contributed by atoms with van der Waals surface area (Å²) in [5.41, 5.74) is 0.233. The molecule has 2 aromatic heterocycles. The van der Waals surface area contributed by atoms with E-state index in [1.54, 1.807) is 67.3 Å². The minimum Gasteiger partial charge on any atom is -0.497 e. The van der Waals surface area contributed by atoms with Crippen molar-refractivity contribution in [2.75, 3.05) is 45.9 Å². The van der Waals surface area contributed by atoms with Gasteiger partial charge in [0.15, 0.2) is 8.32 Å². The van der Waals surface area contributed by atoms with Gasteiger partial charge in [0.25, 0.3) is 14.4 Å². The Balaban J connectivity index is 1.43. The van der Waals surface area contributed by atoms with E-state index < -0.39 is 77.4 Å². The summed E-state index contributed by atoms with van der Waals surface area (Å²) >= 11 is 0. The van der Waals surface area contributed by atoms with Crippen LogP contribution in [0.3, 0.4) is 0 Å². The molecule has 3 heterocycles. The molecule has 1 saturated heterocycles. The first-order valence-electron chi connectivity index (χ1n) is 31.2. The highest BCUT2D eigenvalue weighted by Gasteiger charge is 2.66. The number of carbonyl (C=O) groups excluding carboxylic acids is 3. The van der Waals surface area contributed by atoms with Gasteiger partial charge in [-0.25, -0.2) is 19.4 Å². The van der Waals surface area contributed by atoms with E-state index in [0.717, 1.165) is 22.7 Å². The number of aryl methyl sites for hydroxylation is 1. The zero-order chi connectivity index (χ0) is 65.7. The highest BCUT2D eigenvalue weighted by Crippen LogP contribution is 2.56. The topological polar surface area (TPSA) is 207 Å². The van der Waals surface area contributed by atoms with Crippen LogP contribution in [0, 0.1) is 11.3 Å². The Morgan fingerprint density at radius 1 is 0.769 bits per heavy atom. The number of carbonyl (C=O) groups is 3. The number of amides is 2. The number of alkyl carbamates (subject to hydrolysis) is 1. The van der Waals surface area contributed by atoms with Crippen molar-refractivity contribution >= 4 is 59.6 Å². The normalized spacial score (nSPS) is 17.5. The molecule has 0 aliphatic carbocycles. The van der Waals surface area contributed by atoms with Crippen molar-refractivity contribution in [1.82, 2.24) is 24.5 Å². The number of nitriles is 1. The molecule has 0 radical (unpaired) electrons. The van der Waals surface area contributed by atoms with Crippen LogP contribution in [0.4, 0.5) is 10.6 Å². The van der Waals surface area contributed by atoms with Crippen molar-refractivity contribution in [3.63, 3.8) is 0 Å². The molecule has 5 aromatic carbocycles. The number of nitrogens with one attached hydrogen (secondary N) is 2. The number of Topliss-reactive ketones (excluding diaryl/α,β-unsaturated/α-hetero) is 1. The summed E-state index contributed by atoms with van der Waals surface area (Å²) in [6.07, 6.45) is -0.230. The Morgan fingerprint density at radius 3 is 1.87 bits per heavy atom. The lowest BCUT2D eigenvalue weighted by Gasteiger charge is -2.44. The summed E-state index contributed by atoms with van der Waals surface area (Å²) in [7, 11) is -3.40. The van der Waals surface area contributed by atoms with Crippen molar-refractivity contribution in [1.29, 1.82) is 5.26 Å². The van der Waals surface area contributed by atoms with Crippen molar-refractivity contribution in [2.24, 2.45) is 0 Å². The minimum atomic E-state index is -3.00. The van der Waals surface area contributed by atoms with Gasteiger partial charge in [0.05, 0.1) is 51.9 Å². The highest BCUT2D eigenvalue weighted by atomic mass is 31.2. The van der Waals surface area contributed by atoms with Crippen LogP contribution in [0.5, 0.6) is 11.5 Å². The molecule has 18 nitrogen and oxygen atoms in total. The molecule has 91 heavy (non-hydrogen) atoms. The third-order valence-electron chi connectivity index (χ3n) is 16.7. The first kappa shape index (κ1) is 69.7. The first-order chi connectivity index (χ1) is 43.4. The Morgan fingerprint density at radius 2 is 1.33 bits per heavy atom. The molecule has 1 fully saturated rings. The fourth-order valence-electron chi connectivity index (χ4n) is 11.1. The number of fused-ring (bicyclic) bond motifs is 1. The van der Waals surface area contributed by atoms with Crippen LogP contribution in [0.2, 0.25) is 43.8 Å². The molecule has 7 aromatic rings. The largest absolute Gasteiger partial charge is 0.497 e. The predicted molar refractivity (Wildman–Crippen MR) is 362 cm³/mol. The lowest BCUT2D eigenvalue weighted by Crippen LogP contribution is -2.56. The number of nitrogens with zero attached hydrogens (tertiary/aromatic N) is 5. The number of anilines is 1. The highest BCUT2D eigenvalue weighted by molar-refractivity contribution is 7.44. The van der Waals surface area contributed by atoms with E-state index in [1.807, 2.05) is 97.2 Å². The number of hydrogen-bond acceptors (Lipinski definition) is 15. The average molecular weight is 1290 g/mol. The van der Waals surface area contributed by atoms with Crippen LogP contribution in [-0.2, 0) is 45.4 Å². The Bertz CT molecular complexity index is 3510. The molecule has 5 atom stereocenters. The second-order valence-corrected chi connectivity index (χ2v) is 37.8. The molecule has 1 unspecified atom stereocenters. The summed E-state index contributed by atoms with van der Waals surface area (Å²) in [5.74, 6) is 0.546. The van der Waals surface area contributed by atoms with Gasteiger partial charge in [0, 0.05) is 44.0 Å². The number of methoxy groups -OCH3 is 2. The molecule has 2 amide bonds. The van der Waals surface area contributed by atoms with E-state index >= 15 is 4.79 Å². The second kappa shape index (κ2) is 30.5. The van der Waals surface area contributed by atoms with Gasteiger partial charge in [-0.05, 0) is 123 Å². The summed E-state index contributed by atoms with van der Waals surface area (Å²) < 4.78 is 59.2. The van der Waals surface area contributed by atoms with Crippen LogP contribution < -0.4 is 20.1 Å². The lowest BCUT2D eigenvalue weighted by atomic mass is 9.80. The third-order valence-corrected chi connectivity index (χ3v) is 25.0. The maximum atomic E-state index is 17.1. The van der Waals surface area contributed by atoms with E-state index in [4.69, 9.17) is 47.1 Å². The number of ketones is 1. The van der Waals surface area contributed by atoms with E-state index in [0.29, 0.717) is 47.5 Å². The number of ether oxygens (including phenoxy) is 5. The summed E-state index contributed by atoms with van der Waals surface area (Å²) in [5, 5.41) is 16.1. The van der Waals surface area contributed by atoms with Crippen molar-refractivity contribution < 1.29 is 51.5 Å². The smallest absolute Gasteiger partial charge is 0.407 e. The van der Waals surface area contributed by atoms with E-state index in [-0.39, 0.29) is 55.3 Å². The Kier molecular flexibility index (Phi) is 23.4. The number of benzene rings is 5. The number of hydrogen-bond donors (Lipinski definition) is 2. The molecule has 2 N–H and O–H groups in total. The molecule has 0 saturated carbocycles. The second-order valence-electron chi connectivity index (χ2n) is 26.0. The number of rotatable bonds is 30. The molecular formula is C70H90N7O11PSi2. The first-order valence-corrected chi connectivity index (χ1v) is 38.9. The average Bonchev–Trinajstić information content (AvgIpc) is 1.57. The number of aromatic nitrogens is 3. The summed E-state index contributed by atoms with van der Waals surface area (Å²) in [6, 6.07) is 46.0. The van der Waals surface area contributed by atoms with Crippen LogP contribution in [0.25, 0.3) is 11.0 Å². The minimum absolute atomic E-state index is 0.0170. The standard InChI is InChI=1S/C70H90N7O11PSi2/c1-49(2)77(50(3)4)89(85-43-25-41-71)87-63-61(88-91(13,14)68(5,6)7)59(47-84-69(54-31-22-17-23-32-54,55-33-37-57(81-8)38-34-55)56-35-39-58(82-9)40-36-56)86-70(63,62(78)51-26-18-15-19-27-51)76-46-53(30-24-42-72-67(80)83-44-45-90(10,11)12)60-64(73-48-74-65(60)76)75-66(79)52-28-20-16-21-29-52/h15-23,26-29,31-40,46,48-50,59,61,63H,24-25,30,42-45,47H2,1-14H3,(H,72,80)(H,73,74,75,79)/t59-,61-,63-,70-,89?/m1/s1. The van der Waals surface area contributed by atoms with Gasteiger partial charge in [0.1, 0.15) is 53.2 Å². The molecule has 8 rings (SSSR count). The van der Waals surface area contributed by atoms with E-state index in [2.05, 4.69) is 103 Å². The van der Waals surface area contributed by atoms with Crippen LogP contribution in [-0.4, -0.2) is 124 Å². The molecule has 21 heteroatoms. The fraction of sp³-hybridized carbons (Fsp3) is 0.429. The molecule has 1 aliphatic rings. The monoisotopic (exact) mass is 1290 g/mol. The lowest BCUT2D eigenvalue weighted by molar-refractivity contribution is -0.128. The van der Waals surface area contributed by atoms with Gasteiger partial charge in [0.2, 0.25) is 11.5 Å². The maximum absolute atomic E-state index is 17.1. The summed E-state index contributed by atoms with van der Waals surface area (Å²) in [4.78, 5) is 54.4. The zero-order valence-corrected chi connectivity index (χ0v) is 58.0. The van der Waals surface area contributed by atoms with Gasteiger partial charge in [-0.1, -0.05) is 144 Å². The van der Waals surface area contributed by atoms with Crippen LogP contribution >= 0.6 is 8.53 Å². The van der Waals surface area contributed by atoms with Crippen LogP contribution in [0.15, 0.2) is 152 Å². The Hall–Kier alpha value is -7.16. The van der Waals surface area contributed by atoms with Gasteiger partial charge in [-0.3, -0.25) is 14.2 Å². The van der Waals surface area contributed by atoms with Crippen molar-refractivity contribution in [3.8, 4) is 17.6 Å². The maximum Gasteiger partial charge on any atom is 0.407 e. The van der Waals surface area contributed by atoms with Gasteiger partial charge in [-0.2, -0.15) is 5.26 Å². The molecule has 0 spiro atoms. The quantitative estimate of drug-likeness (QED) is 0.0141. The van der Waals surface area contributed by atoms with E-state index in [9.17, 15) is 14.9 Å². The van der Waals surface area contributed by atoms with Crippen molar-refractivity contribution in [3.05, 3.63) is 185 Å². The molecule has 484 valence electrons. The SMILES string of the molecule is COc1ccc(C(OC[C@H]2O[C@@](C(=O)c3ccccc3)(n3cc(CCCNC(=O)OCC[Si](C)(C)C)c4c(NC(=O)c5ccccc5)ncnc43)[C@H](OP(OCCC#N)N(C(C)C)C(C)C)[C@@H]2O[Si](C)(C)C(C)(C)C)(c2ccccc2)c2ccc(OC)cc2)cc1. The third kappa shape index (κ3) is 16.2. The van der Waals surface area contributed by atoms with E-state index in [1.165, 1.54) is 6.33 Å². The predicted octanol–water partition coefficient (Wildman–Crippen LogP) is 14.7. The molecule has 1 aliphatic heterocycles. The van der Waals surface area contributed by atoms with Gasteiger partial charge >= 0.3 is 6.09 Å². The molecular weight excluding hydrogens is 1200 g/mol. The Labute approximate surface area is 540 Å². The zero-order valence-electron chi connectivity index (χ0n) is 55.2. The fourth-order valence-corrected chi connectivity index (χ4v) is 14.9. The van der Waals surface area contributed by atoms with Gasteiger partial charge < -0.3 is 47.8 Å². The van der Waals surface area contributed by atoms with Gasteiger partial charge in [-0.15, -0.1) is 0 Å². The van der Waals surface area contributed by atoms with Crippen LogP contribution in [0.1, 0.15) is 104 Å². The van der Waals surface area contributed by atoms with Crippen molar-refractivity contribution in [2.45, 2.75) is 153 Å².